The van der Waals surface area contributed by atoms with Crippen molar-refractivity contribution >= 4 is 11.2 Å². The normalized spacial score (nSPS) is 11.1. The second kappa shape index (κ2) is 4.92. The van der Waals surface area contributed by atoms with Crippen LogP contribution in [0.15, 0.2) is 35.4 Å². The lowest BCUT2D eigenvalue weighted by Crippen LogP contribution is -2.15. The zero-order valence-corrected chi connectivity index (χ0v) is 11.6. The number of imidazole rings is 1. The minimum Gasteiger partial charge on any atom is -0.320 e. The molecular formula is C15H16N4O. The molecule has 0 aliphatic heterocycles. The maximum atomic E-state index is 12.2. The van der Waals surface area contributed by atoms with E-state index in [1.54, 1.807) is 6.33 Å². The molecule has 0 amide bonds. The molecule has 0 spiro atoms. The molecule has 0 saturated carbocycles. The highest BCUT2D eigenvalue weighted by Crippen LogP contribution is 2.12. The van der Waals surface area contributed by atoms with Crippen LogP contribution < -0.4 is 5.56 Å². The van der Waals surface area contributed by atoms with E-state index in [9.17, 15) is 4.79 Å². The van der Waals surface area contributed by atoms with Crippen LogP contribution in [0.5, 0.6) is 0 Å². The van der Waals surface area contributed by atoms with Crippen molar-refractivity contribution in [1.29, 1.82) is 0 Å². The lowest BCUT2D eigenvalue weighted by atomic mass is 10.1. The summed E-state index contributed by atoms with van der Waals surface area (Å²) < 4.78 is 1.85. The van der Waals surface area contributed by atoms with E-state index in [-0.39, 0.29) is 5.56 Å². The number of nitrogens with zero attached hydrogens (tertiary/aromatic N) is 3. The molecule has 0 bridgehead atoms. The van der Waals surface area contributed by atoms with E-state index in [4.69, 9.17) is 0 Å². The molecule has 0 saturated heterocycles. The molecule has 5 nitrogen and oxygen atoms in total. The van der Waals surface area contributed by atoms with Gasteiger partial charge in [0.05, 0.1) is 6.33 Å². The van der Waals surface area contributed by atoms with Crippen LogP contribution in [-0.4, -0.2) is 19.5 Å². The third-order valence-corrected chi connectivity index (χ3v) is 3.47. The first-order valence-corrected chi connectivity index (χ1v) is 6.67. The Kier molecular flexibility index (Phi) is 3.10. The Balaban J connectivity index is 2.10. The summed E-state index contributed by atoms with van der Waals surface area (Å²) in [6.45, 7) is 4.64. The Bertz CT molecular complexity index is 816. The summed E-state index contributed by atoms with van der Waals surface area (Å²) in [6.07, 6.45) is 2.37. The number of aromatic amines is 1. The Morgan fingerprint density at radius 3 is 2.85 bits per heavy atom. The van der Waals surface area contributed by atoms with Crippen LogP contribution in [0.25, 0.3) is 11.2 Å². The number of H-pyrrole nitrogens is 1. The van der Waals surface area contributed by atoms with Gasteiger partial charge in [-0.2, -0.15) is 0 Å². The van der Waals surface area contributed by atoms with E-state index in [0.717, 1.165) is 0 Å². The topological polar surface area (TPSA) is 63.6 Å². The van der Waals surface area contributed by atoms with Gasteiger partial charge in [-0.3, -0.25) is 4.79 Å². The van der Waals surface area contributed by atoms with Crippen molar-refractivity contribution in [2.75, 3.05) is 0 Å². The van der Waals surface area contributed by atoms with E-state index in [2.05, 4.69) is 34.0 Å². The summed E-state index contributed by atoms with van der Waals surface area (Å²) in [5.74, 6) is 0.670. The molecule has 0 radical (unpaired) electrons. The zero-order chi connectivity index (χ0) is 14.1. The van der Waals surface area contributed by atoms with Crippen molar-refractivity contribution in [3.05, 3.63) is 57.9 Å². The molecule has 0 atom stereocenters. The molecule has 2 aromatic heterocycles. The smallest absolute Gasteiger partial charge is 0.277 e. The lowest BCUT2D eigenvalue weighted by molar-refractivity contribution is 0.811. The predicted octanol–water partition coefficient (Wildman–Crippen LogP) is 2.04. The molecule has 3 rings (SSSR count). The van der Waals surface area contributed by atoms with Crippen LogP contribution in [0.1, 0.15) is 23.9 Å². The van der Waals surface area contributed by atoms with E-state index in [1.807, 2.05) is 23.6 Å². The highest BCUT2D eigenvalue weighted by atomic mass is 16.1. The van der Waals surface area contributed by atoms with Gasteiger partial charge < -0.3 is 9.55 Å². The fraction of sp³-hybridized carbons (Fsp3) is 0.267. The maximum Gasteiger partial charge on any atom is 0.277 e. The number of fused-ring (bicyclic) bond motifs is 1. The van der Waals surface area contributed by atoms with Gasteiger partial charge in [-0.25, -0.2) is 9.97 Å². The number of nitrogens with one attached hydrogen (secondary N) is 1. The van der Waals surface area contributed by atoms with Crippen LogP contribution in [-0.2, 0) is 13.0 Å². The van der Waals surface area contributed by atoms with Crippen molar-refractivity contribution in [3.63, 3.8) is 0 Å². The van der Waals surface area contributed by atoms with Gasteiger partial charge in [0.25, 0.3) is 5.56 Å². The average Bonchev–Trinajstić information content (AvgIpc) is 2.85. The standard InChI is InChI=1S/C15H16N4O/c1-3-12-17-14-13(15(20)18-12)19(9-16-14)8-11-7-5-4-6-10(11)2/h4-7,9H,3,8H2,1-2H3,(H,17,18,20). The minimum atomic E-state index is -0.127. The van der Waals surface area contributed by atoms with Gasteiger partial charge in [0, 0.05) is 13.0 Å². The first-order chi connectivity index (χ1) is 9.69. The summed E-state index contributed by atoms with van der Waals surface area (Å²) >= 11 is 0. The quantitative estimate of drug-likeness (QED) is 0.790. The first-order valence-electron chi connectivity index (χ1n) is 6.67. The van der Waals surface area contributed by atoms with Gasteiger partial charge >= 0.3 is 0 Å². The fourth-order valence-electron chi connectivity index (χ4n) is 2.29. The summed E-state index contributed by atoms with van der Waals surface area (Å²) in [4.78, 5) is 23.6. The van der Waals surface area contributed by atoms with Crippen molar-refractivity contribution in [2.24, 2.45) is 0 Å². The van der Waals surface area contributed by atoms with Crippen LogP contribution in [0.4, 0.5) is 0 Å². The minimum absolute atomic E-state index is 0.127. The Hall–Kier alpha value is -2.43. The first kappa shape index (κ1) is 12.6. The highest BCUT2D eigenvalue weighted by Gasteiger charge is 2.10. The van der Waals surface area contributed by atoms with Crippen LogP contribution in [0, 0.1) is 6.92 Å². The number of hydrogen-bond acceptors (Lipinski definition) is 3. The summed E-state index contributed by atoms with van der Waals surface area (Å²) in [5, 5.41) is 0. The zero-order valence-electron chi connectivity index (χ0n) is 11.6. The Morgan fingerprint density at radius 1 is 1.30 bits per heavy atom. The second-order valence-corrected chi connectivity index (χ2v) is 4.84. The third kappa shape index (κ3) is 2.11. The van der Waals surface area contributed by atoms with Gasteiger partial charge in [0.1, 0.15) is 5.82 Å². The molecule has 0 unspecified atom stereocenters. The van der Waals surface area contributed by atoms with Gasteiger partial charge in [-0.1, -0.05) is 31.2 Å². The molecule has 0 aliphatic rings. The summed E-state index contributed by atoms with van der Waals surface area (Å²) in [7, 11) is 0. The summed E-state index contributed by atoms with van der Waals surface area (Å²) in [5.41, 5.74) is 3.29. The lowest BCUT2D eigenvalue weighted by Gasteiger charge is -2.07. The summed E-state index contributed by atoms with van der Waals surface area (Å²) in [6, 6.07) is 8.13. The Labute approximate surface area is 116 Å². The molecule has 0 fully saturated rings. The molecule has 1 aromatic carbocycles. The van der Waals surface area contributed by atoms with E-state index >= 15 is 0 Å². The fourth-order valence-corrected chi connectivity index (χ4v) is 2.29. The predicted molar refractivity (Wildman–Crippen MR) is 77.8 cm³/mol. The monoisotopic (exact) mass is 268 g/mol. The van der Waals surface area contributed by atoms with Crippen molar-refractivity contribution in [1.82, 2.24) is 19.5 Å². The highest BCUT2D eigenvalue weighted by molar-refractivity contribution is 5.69. The van der Waals surface area contributed by atoms with Crippen LogP contribution in [0.2, 0.25) is 0 Å². The van der Waals surface area contributed by atoms with Crippen LogP contribution in [0.3, 0.4) is 0 Å². The third-order valence-electron chi connectivity index (χ3n) is 3.47. The Morgan fingerprint density at radius 2 is 2.10 bits per heavy atom. The van der Waals surface area contributed by atoms with Gasteiger partial charge in [0.15, 0.2) is 11.2 Å². The number of benzene rings is 1. The van der Waals surface area contributed by atoms with Crippen molar-refractivity contribution in [3.8, 4) is 0 Å². The van der Waals surface area contributed by atoms with Crippen molar-refractivity contribution < 1.29 is 0 Å². The molecule has 5 heteroatoms. The van der Waals surface area contributed by atoms with E-state index in [0.29, 0.717) is 30.0 Å². The average molecular weight is 268 g/mol. The van der Waals surface area contributed by atoms with E-state index < -0.39 is 0 Å². The van der Waals surface area contributed by atoms with Gasteiger partial charge in [-0.05, 0) is 18.1 Å². The maximum absolute atomic E-state index is 12.2. The number of rotatable bonds is 3. The second-order valence-electron chi connectivity index (χ2n) is 4.84. The number of hydrogen-bond donors (Lipinski definition) is 1. The van der Waals surface area contributed by atoms with E-state index in [1.165, 1.54) is 11.1 Å². The SMILES string of the molecule is CCc1nc2ncn(Cc3ccccc3C)c2c(=O)[nH]1. The molecule has 3 aromatic rings. The van der Waals surface area contributed by atoms with Crippen LogP contribution >= 0.6 is 0 Å². The number of aromatic nitrogens is 4. The largest absolute Gasteiger partial charge is 0.320 e. The van der Waals surface area contributed by atoms with Crippen molar-refractivity contribution in [2.45, 2.75) is 26.8 Å². The molecule has 1 N–H and O–H groups in total. The number of aryl methyl sites for hydroxylation is 2. The molecule has 102 valence electrons. The van der Waals surface area contributed by atoms with Gasteiger partial charge in [-0.15, -0.1) is 0 Å². The molecular weight excluding hydrogens is 252 g/mol. The molecule has 20 heavy (non-hydrogen) atoms. The van der Waals surface area contributed by atoms with Gasteiger partial charge in [0.2, 0.25) is 0 Å². The molecule has 2 heterocycles. The molecule has 0 aliphatic carbocycles.